The van der Waals surface area contributed by atoms with Gasteiger partial charge in [-0.2, -0.15) is 26.3 Å². The first-order valence-electron chi connectivity index (χ1n) is 20.7. The number of carboxylic acid groups (broad SMARTS) is 2. The average Bonchev–Trinajstić information content (AvgIpc) is 3.26. The molecule has 0 aliphatic carbocycles. The number of methoxy groups -OCH3 is 1. The SMILES string of the molecule is COC(=O)C1(N)CCN(C(=O)[C@@H](CCCCN)NC(=O)C(CCCCCF)NC(=O)[C@@H](Cc2ccccc2)NC(=O)[C@H](N)Cc2ccccc2)CC1.O=C(O)C(F)(F)F.O=C(O)C(F)(F)F. The zero-order chi connectivity index (χ0) is 50.1. The van der Waals surface area contributed by atoms with E-state index in [-0.39, 0.29) is 51.1 Å². The zero-order valence-electron chi connectivity index (χ0n) is 36.2. The molecule has 66 heavy (non-hydrogen) atoms. The highest BCUT2D eigenvalue weighted by Gasteiger charge is 2.42. The van der Waals surface area contributed by atoms with Gasteiger partial charge in [0.05, 0.1) is 19.8 Å². The van der Waals surface area contributed by atoms with Gasteiger partial charge in [0.2, 0.25) is 23.6 Å². The molecule has 4 amide bonds. The number of nitrogens with one attached hydrogen (secondary N) is 3. The second kappa shape index (κ2) is 28.9. The van der Waals surface area contributed by atoms with Crippen molar-refractivity contribution in [3.8, 4) is 0 Å². The normalized spacial score (nSPS) is 15.1. The summed E-state index contributed by atoms with van der Waals surface area (Å²) in [6, 6.07) is 14.4. The number of carbonyl (C=O) groups is 7. The van der Waals surface area contributed by atoms with Crippen LogP contribution in [-0.4, -0.2) is 132 Å². The molecule has 0 bridgehead atoms. The summed E-state index contributed by atoms with van der Waals surface area (Å²) in [6.45, 7) is 0.296. The molecule has 0 spiro atoms. The molecule has 24 heteroatoms. The summed E-state index contributed by atoms with van der Waals surface area (Å²) in [7, 11) is 1.27. The second-order valence-electron chi connectivity index (χ2n) is 15.1. The van der Waals surface area contributed by atoms with Crippen LogP contribution in [0.25, 0.3) is 0 Å². The van der Waals surface area contributed by atoms with Gasteiger partial charge in [-0.05, 0) is 69.0 Å². The lowest BCUT2D eigenvalue weighted by Crippen LogP contribution is -2.61. The number of piperidine rings is 1. The van der Waals surface area contributed by atoms with Crippen LogP contribution in [0.15, 0.2) is 60.7 Å². The molecule has 2 aromatic rings. The summed E-state index contributed by atoms with van der Waals surface area (Å²) < 4.78 is 81.3. The number of carboxylic acids is 2. The number of unbranched alkanes of at least 4 members (excludes halogenated alkanes) is 3. The predicted molar refractivity (Wildman–Crippen MR) is 224 cm³/mol. The van der Waals surface area contributed by atoms with E-state index in [4.69, 9.17) is 41.7 Å². The summed E-state index contributed by atoms with van der Waals surface area (Å²) >= 11 is 0. The number of alkyl halides is 7. The van der Waals surface area contributed by atoms with Gasteiger partial charge in [-0.25, -0.2) is 9.59 Å². The Morgan fingerprint density at radius 1 is 0.682 bits per heavy atom. The summed E-state index contributed by atoms with van der Waals surface area (Å²) in [5.74, 6) is -8.09. The van der Waals surface area contributed by atoms with E-state index >= 15 is 0 Å². The third kappa shape index (κ3) is 21.9. The molecule has 17 nitrogen and oxygen atoms in total. The van der Waals surface area contributed by atoms with Crippen LogP contribution in [0.3, 0.4) is 0 Å². The van der Waals surface area contributed by atoms with E-state index < -0.39 is 84.4 Å². The largest absolute Gasteiger partial charge is 0.490 e. The van der Waals surface area contributed by atoms with Gasteiger partial charge in [0.1, 0.15) is 23.7 Å². The number of nitrogens with two attached hydrogens (primary N) is 3. The number of benzene rings is 2. The van der Waals surface area contributed by atoms with Crippen LogP contribution in [0, 0.1) is 0 Å². The van der Waals surface area contributed by atoms with E-state index in [1.165, 1.54) is 7.11 Å². The van der Waals surface area contributed by atoms with Gasteiger partial charge in [0.15, 0.2) is 0 Å². The van der Waals surface area contributed by atoms with Crippen LogP contribution in [-0.2, 0) is 51.1 Å². The topological polar surface area (TPSA) is 287 Å². The van der Waals surface area contributed by atoms with Crippen LogP contribution >= 0.6 is 0 Å². The molecular weight excluding hydrogens is 895 g/mol. The molecule has 1 saturated heterocycles. The Labute approximate surface area is 376 Å². The third-order valence-electron chi connectivity index (χ3n) is 9.92. The van der Waals surface area contributed by atoms with Crippen molar-refractivity contribution in [3.05, 3.63) is 71.8 Å². The molecule has 370 valence electrons. The first kappa shape index (κ1) is 58.1. The Bertz CT molecular complexity index is 1810. The van der Waals surface area contributed by atoms with Gasteiger partial charge in [-0.1, -0.05) is 73.5 Å². The van der Waals surface area contributed by atoms with Crippen LogP contribution in [0.1, 0.15) is 68.9 Å². The van der Waals surface area contributed by atoms with Gasteiger partial charge in [-0.15, -0.1) is 0 Å². The minimum absolute atomic E-state index is 0.135. The number of hydrogen-bond donors (Lipinski definition) is 8. The highest BCUT2D eigenvalue weighted by molar-refractivity contribution is 5.95. The molecule has 2 aromatic carbocycles. The smallest absolute Gasteiger partial charge is 0.475 e. The quantitative estimate of drug-likeness (QED) is 0.0508. The van der Waals surface area contributed by atoms with Gasteiger partial charge in [0.25, 0.3) is 0 Å². The lowest BCUT2D eigenvalue weighted by atomic mass is 9.88. The lowest BCUT2D eigenvalue weighted by Gasteiger charge is -2.38. The van der Waals surface area contributed by atoms with E-state index in [1.54, 1.807) is 4.90 Å². The highest BCUT2D eigenvalue weighted by Crippen LogP contribution is 2.23. The van der Waals surface area contributed by atoms with Crippen LogP contribution < -0.4 is 33.2 Å². The first-order chi connectivity index (χ1) is 30.9. The average molecular weight is 954 g/mol. The lowest BCUT2D eigenvalue weighted by molar-refractivity contribution is -0.193. The van der Waals surface area contributed by atoms with E-state index in [0.29, 0.717) is 45.1 Å². The number of esters is 1. The van der Waals surface area contributed by atoms with Crippen molar-refractivity contribution in [2.24, 2.45) is 17.2 Å². The number of aliphatic carboxylic acids is 2. The number of nitrogens with zero attached hydrogens (tertiary/aromatic N) is 1. The third-order valence-corrected chi connectivity index (χ3v) is 9.92. The zero-order valence-corrected chi connectivity index (χ0v) is 36.2. The molecular formula is C42H58F7N7O10. The van der Waals surface area contributed by atoms with Crippen molar-refractivity contribution in [3.63, 3.8) is 0 Å². The van der Waals surface area contributed by atoms with E-state index in [1.807, 2.05) is 60.7 Å². The van der Waals surface area contributed by atoms with Gasteiger partial charge >= 0.3 is 30.3 Å². The van der Waals surface area contributed by atoms with E-state index in [9.17, 15) is 54.7 Å². The van der Waals surface area contributed by atoms with Crippen molar-refractivity contribution in [2.75, 3.05) is 33.4 Å². The summed E-state index contributed by atoms with van der Waals surface area (Å²) in [5.41, 5.74) is 18.7. The Morgan fingerprint density at radius 3 is 1.56 bits per heavy atom. The Morgan fingerprint density at radius 2 is 1.11 bits per heavy atom. The van der Waals surface area contributed by atoms with Crippen molar-refractivity contribution in [2.45, 2.75) is 113 Å². The Balaban J connectivity index is 0.00000134. The number of halogens is 7. The fraction of sp³-hybridized carbons (Fsp3) is 0.548. The van der Waals surface area contributed by atoms with Crippen molar-refractivity contribution < 1.29 is 79.2 Å². The first-order valence-corrected chi connectivity index (χ1v) is 20.7. The maximum atomic E-state index is 13.9. The molecule has 1 aliphatic rings. The molecule has 4 atom stereocenters. The molecule has 1 unspecified atom stereocenters. The standard InChI is InChI=1S/C38H56FN7O6.2C2HF3O2/c1-52-37(51)38(42)19-23-46(24-20-38)36(50)31(18-10-12-22-40)44-34(48)30(17-9-4-11-21-39)43-35(49)32(26-28-15-7-3-8-16-28)45-33(47)29(41)25-27-13-5-2-6-14-27;2*3-2(4,5)1(6)7/h2-3,5-8,13-16,29-32H,4,9-12,17-26,40-42H2,1H3,(H,43,49)(H,44,48)(H,45,47);2*(H,6,7)/t29-,30?,31-,32-;;/m1../s1. The summed E-state index contributed by atoms with van der Waals surface area (Å²) in [4.78, 5) is 86.5. The predicted octanol–water partition coefficient (Wildman–Crippen LogP) is 2.67. The molecule has 1 fully saturated rings. The minimum Gasteiger partial charge on any atom is -0.475 e. The van der Waals surface area contributed by atoms with Crippen molar-refractivity contribution in [1.29, 1.82) is 0 Å². The van der Waals surface area contributed by atoms with Gasteiger partial charge < -0.3 is 53.0 Å². The van der Waals surface area contributed by atoms with E-state index in [2.05, 4.69) is 16.0 Å². The highest BCUT2D eigenvalue weighted by atomic mass is 19.4. The monoisotopic (exact) mass is 953 g/mol. The molecule has 1 heterocycles. The number of rotatable bonds is 21. The van der Waals surface area contributed by atoms with Crippen molar-refractivity contribution >= 4 is 41.5 Å². The molecule has 0 radical (unpaired) electrons. The number of carbonyl (C=O) groups excluding carboxylic acids is 5. The number of ether oxygens (including phenoxy) is 1. The maximum absolute atomic E-state index is 13.9. The summed E-state index contributed by atoms with van der Waals surface area (Å²) in [6.07, 6.45) is -6.47. The number of likely N-dealkylation sites (tertiary alicyclic amines) is 1. The molecule has 1 aliphatic heterocycles. The maximum Gasteiger partial charge on any atom is 0.490 e. The van der Waals surface area contributed by atoms with E-state index in [0.717, 1.165) is 11.1 Å². The number of amides is 4. The fourth-order valence-corrected chi connectivity index (χ4v) is 6.24. The molecule has 0 saturated carbocycles. The van der Waals surface area contributed by atoms with Crippen LogP contribution in [0.2, 0.25) is 0 Å². The molecule has 11 N–H and O–H groups in total. The van der Waals surface area contributed by atoms with Gasteiger partial charge in [0, 0.05) is 19.5 Å². The van der Waals surface area contributed by atoms with Crippen LogP contribution in [0.4, 0.5) is 30.7 Å². The minimum atomic E-state index is -5.08. The van der Waals surface area contributed by atoms with Crippen LogP contribution in [0.5, 0.6) is 0 Å². The molecule has 3 rings (SSSR count). The summed E-state index contributed by atoms with van der Waals surface area (Å²) in [5, 5.41) is 22.7. The van der Waals surface area contributed by atoms with Gasteiger partial charge in [-0.3, -0.25) is 28.4 Å². The second-order valence-corrected chi connectivity index (χ2v) is 15.1. The molecule has 0 aromatic heterocycles. The number of hydrogen-bond acceptors (Lipinski definition) is 11. The van der Waals surface area contributed by atoms with Crippen molar-refractivity contribution in [1.82, 2.24) is 20.9 Å². The Kier molecular flexibility index (Phi) is 25.5. The Hall–Kier alpha value is -5.88. The fourth-order valence-electron chi connectivity index (χ4n) is 6.24.